The highest BCUT2D eigenvalue weighted by atomic mass is 19.1. The molecular formula is C19H19FN2O2. The molecule has 0 radical (unpaired) electrons. The Kier molecular flexibility index (Phi) is 4.44. The standard InChI is InChI=1S/C19H19FN2O2/c1-14(23)19(18(24)21-17-9-7-16(20)8-10-17)12-22(13-19)11-15-5-3-2-4-6-15/h2-10H,11-13H2,1H3,(H,21,24). The van der Waals surface area contributed by atoms with Crippen LogP contribution >= 0.6 is 0 Å². The summed E-state index contributed by atoms with van der Waals surface area (Å²) in [6.45, 7) is 2.94. The Morgan fingerprint density at radius 3 is 2.29 bits per heavy atom. The summed E-state index contributed by atoms with van der Waals surface area (Å²) in [7, 11) is 0. The molecule has 0 spiro atoms. The molecule has 24 heavy (non-hydrogen) atoms. The lowest BCUT2D eigenvalue weighted by Crippen LogP contribution is -2.64. The van der Waals surface area contributed by atoms with E-state index in [2.05, 4.69) is 10.2 Å². The van der Waals surface area contributed by atoms with Crippen molar-refractivity contribution in [3.63, 3.8) is 0 Å². The van der Waals surface area contributed by atoms with E-state index in [1.165, 1.54) is 31.2 Å². The van der Waals surface area contributed by atoms with Gasteiger partial charge in [0.25, 0.3) is 0 Å². The van der Waals surface area contributed by atoms with E-state index in [1.54, 1.807) is 0 Å². The van der Waals surface area contributed by atoms with Gasteiger partial charge in [-0.1, -0.05) is 30.3 Å². The lowest BCUT2D eigenvalue weighted by molar-refractivity contribution is -0.150. The van der Waals surface area contributed by atoms with E-state index in [0.717, 1.165) is 5.56 Å². The maximum atomic E-state index is 12.9. The van der Waals surface area contributed by atoms with Gasteiger partial charge in [0.15, 0.2) is 0 Å². The Morgan fingerprint density at radius 2 is 1.71 bits per heavy atom. The number of carbonyl (C=O) groups is 2. The molecule has 1 aliphatic rings. The van der Waals surface area contributed by atoms with Crippen LogP contribution in [0, 0.1) is 11.2 Å². The molecule has 3 rings (SSSR count). The maximum absolute atomic E-state index is 12.9. The fourth-order valence-electron chi connectivity index (χ4n) is 2.98. The molecule has 2 aromatic rings. The van der Waals surface area contributed by atoms with Crippen LogP contribution in [0.15, 0.2) is 54.6 Å². The topological polar surface area (TPSA) is 49.4 Å². The molecule has 1 saturated heterocycles. The number of nitrogens with zero attached hydrogens (tertiary/aromatic N) is 1. The smallest absolute Gasteiger partial charge is 0.240 e. The molecule has 2 aromatic carbocycles. The normalized spacial score (nSPS) is 16.2. The average molecular weight is 326 g/mol. The molecule has 0 unspecified atom stereocenters. The van der Waals surface area contributed by atoms with Crippen LogP contribution in [0.4, 0.5) is 10.1 Å². The zero-order valence-electron chi connectivity index (χ0n) is 13.5. The van der Waals surface area contributed by atoms with Gasteiger partial charge in [-0.15, -0.1) is 0 Å². The van der Waals surface area contributed by atoms with Crippen molar-refractivity contribution in [2.75, 3.05) is 18.4 Å². The fraction of sp³-hybridized carbons (Fsp3) is 0.263. The first-order chi connectivity index (χ1) is 11.5. The summed E-state index contributed by atoms with van der Waals surface area (Å²) in [6, 6.07) is 15.5. The van der Waals surface area contributed by atoms with E-state index in [1.807, 2.05) is 30.3 Å². The van der Waals surface area contributed by atoms with Gasteiger partial charge in [-0.2, -0.15) is 0 Å². The van der Waals surface area contributed by atoms with Gasteiger partial charge in [-0.25, -0.2) is 4.39 Å². The first kappa shape index (κ1) is 16.3. The van der Waals surface area contributed by atoms with E-state index in [9.17, 15) is 14.0 Å². The van der Waals surface area contributed by atoms with Gasteiger partial charge in [0.2, 0.25) is 5.91 Å². The number of rotatable bonds is 5. The highest BCUT2D eigenvalue weighted by Gasteiger charge is 2.52. The quantitative estimate of drug-likeness (QED) is 0.860. The Labute approximate surface area is 140 Å². The molecule has 1 amide bonds. The number of halogens is 1. The summed E-state index contributed by atoms with van der Waals surface area (Å²) in [5.74, 6) is -0.843. The van der Waals surface area contributed by atoms with Crippen LogP contribution in [-0.2, 0) is 16.1 Å². The average Bonchev–Trinajstić information content (AvgIpc) is 2.53. The Balaban J connectivity index is 1.66. The van der Waals surface area contributed by atoms with Crippen molar-refractivity contribution in [1.82, 2.24) is 4.90 Å². The zero-order valence-corrected chi connectivity index (χ0v) is 13.5. The van der Waals surface area contributed by atoms with Crippen LogP contribution in [0.25, 0.3) is 0 Å². The summed E-state index contributed by atoms with van der Waals surface area (Å²) in [5, 5.41) is 2.72. The largest absolute Gasteiger partial charge is 0.325 e. The molecule has 124 valence electrons. The van der Waals surface area contributed by atoms with E-state index in [4.69, 9.17) is 0 Å². The summed E-state index contributed by atoms with van der Waals surface area (Å²) >= 11 is 0. The summed E-state index contributed by atoms with van der Waals surface area (Å²) in [5.41, 5.74) is 0.612. The molecule has 0 bridgehead atoms. The first-order valence-electron chi connectivity index (χ1n) is 7.84. The van der Waals surface area contributed by atoms with Gasteiger partial charge < -0.3 is 5.32 Å². The Bertz CT molecular complexity index is 738. The lowest BCUT2D eigenvalue weighted by atomic mass is 9.75. The molecule has 1 heterocycles. The van der Waals surface area contributed by atoms with Crippen molar-refractivity contribution in [3.05, 3.63) is 66.0 Å². The van der Waals surface area contributed by atoms with Crippen molar-refractivity contribution in [3.8, 4) is 0 Å². The predicted octanol–water partition coefficient (Wildman–Crippen LogP) is 2.86. The van der Waals surface area contributed by atoms with Crippen LogP contribution in [0.2, 0.25) is 0 Å². The number of ketones is 1. The molecule has 1 fully saturated rings. The van der Waals surface area contributed by atoms with Crippen LogP contribution in [-0.4, -0.2) is 29.7 Å². The molecule has 4 nitrogen and oxygen atoms in total. The number of benzene rings is 2. The van der Waals surface area contributed by atoms with Crippen LogP contribution in [0.5, 0.6) is 0 Å². The van der Waals surface area contributed by atoms with E-state index in [0.29, 0.717) is 25.3 Å². The second-order valence-electron chi connectivity index (χ2n) is 6.23. The third-order valence-corrected chi connectivity index (χ3v) is 4.45. The minimum atomic E-state index is -1.02. The van der Waals surface area contributed by atoms with Crippen molar-refractivity contribution < 1.29 is 14.0 Å². The molecule has 0 atom stereocenters. The predicted molar refractivity (Wildman–Crippen MR) is 89.9 cm³/mol. The van der Waals surface area contributed by atoms with Crippen molar-refractivity contribution in [1.29, 1.82) is 0 Å². The Morgan fingerprint density at radius 1 is 1.08 bits per heavy atom. The number of nitrogens with one attached hydrogen (secondary N) is 1. The van der Waals surface area contributed by atoms with E-state index in [-0.39, 0.29) is 17.5 Å². The van der Waals surface area contributed by atoms with Gasteiger partial charge in [0.1, 0.15) is 17.0 Å². The minimum Gasteiger partial charge on any atom is -0.325 e. The molecule has 0 aliphatic carbocycles. The molecular weight excluding hydrogens is 307 g/mol. The molecule has 1 N–H and O–H groups in total. The van der Waals surface area contributed by atoms with E-state index >= 15 is 0 Å². The first-order valence-corrected chi connectivity index (χ1v) is 7.84. The second-order valence-corrected chi connectivity index (χ2v) is 6.23. The number of likely N-dealkylation sites (tertiary alicyclic amines) is 1. The maximum Gasteiger partial charge on any atom is 0.240 e. The summed E-state index contributed by atoms with van der Waals surface area (Å²) in [4.78, 5) is 26.7. The summed E-state index contributed by atoms with van der Waals surface area (Å²) < 4.78 is 12.9. The van der Waals surface area contributed by atoms with Gasteiger partial charge in [0.05, 0.1) is 0 Å². The van der Waals surface area contributed by atoms with Gasteiger partial charge in [-0.3, -0.25) is 14.5 Å². The summed E-state index contributed by atoms with van der Waals surface area (Å²) in [6.07, 6.45) is 0. The second kappa shape index (κ2) is 6.53. The van der Waals surface area contributed by atoms with Crippen LogP contribution in [0.1, 0.15) is 12.5 Å². The molecule has 0 saturated carbocycles. The fourth-order valence-corrected chi connectivity index (χ4v) is 2.98. The number of amides is 1. The van der Waals surface area contributed by atoms with E-state index < -0.39 is 5.41 Å². The minimum absolute atomic E-state index is 0.147. The highest BCUT2D eigenvalue weighted by Crippen LogP contribution is 2.34. The third-order valence-electron chi connectivity index (χ3n) is 4.45. The zero-order chi connectivity index (χ0) is 17.2. The highest BCUT2D eigenvalue weighted by molar-refractivity contribution is 6.12. The number of anilines is 1. The number of hydrogen-bond acceptors (Lipinski definition) is 3. The van der Waals surface area contributed by atoms with Crippen molar-refractivity contribution in [2.24, 2.45) is 5.41 Å². The van der Waals surface area contributed by atoms with Crippen molar-refractivity contribution in [2.45, 2.75) is 13.5 Å². The SMILES string of the molecule is CC(=O)C1(C(=O)Nc2ccc(F)cc2)CN(Cc2ccccc2)C1. The van der Waals surface area contributed by atoms with Crippen LogP contribution < -0.4 is 5.32 Å². The van der Waals surface area contributed by atoms with Gasteiger partial charge in [0, 0.05) is 25.3 Å². The Hall–Kier alpha value is -2.53. The van der Waals surface area contributed by atoms with Crippen molar-refractivity contribution >= 4 is 17.4 Å². The molecule has 1 aliphatic heterocycles. The number of Topliss-reactive ketones (excluding diaryl/α,β-unsaturated/α-hetero) is 1. The molecule has 0 aromatic heterocycles. The monoisotopic (exact) mass is 326 g/mol. The number of hydrogen-bond donors (Lipinski definition) is 1. The number of carbonyl (C=O) groups excluding carboxylic acids is 2. The third kappa shape index (κ3) is 3.21. The molecule has 5 heteroatoms. The van der Waals surface area contributed by atoms with Gasteiger partial charge >= 0.3 is 0 Å². The van der Waals surface area contributed by atoms with Crippen LogP contribution in [0.3, 0.4) is 0 Å². The van der Waals surface area contributed by atoms with Gasteiger partial charge in [-0.05, 0) is 36.8 Å². The lowest BCUT2D eigenvalue weighted by Gasteiger charge is -2.47.